The molecule has 3 rings (SSSR count). The number of amides is 1. The van der Waals surface area contributed by atoms with Gasteiger partial charge in [-0.15, -0.1) is 0 Å². The molecule has 0 unspecified atom stereocenters. The Bertz CT molecular complexity index is 983. The van der Waals surface area contributed by atoms with Gasteiger partial charge in [0.1, 0.15) is 5.82 Å². The second kappa shape index (κ2) is 8.40. The predicted molar refractivity (Wildman–Crippen MR) is 99.4 cm³/mol. The number of carbonyl (C=O) groups is 2. The Hall–Kier alpha value is -3.28. The second-order valence-corrected chi connectivity index (χ2v) is 6.19. The molecule has 0 aliphatic heterocycles. The van der Waals surface area contributed by atoms with Gasteiger partial charge >= 0.3 is 5.97 Å². The fourth-order valence-electron chi connectivity index (χ4n) is 2.66. The molecule has 0 fully saturated rings. The quantitative estimate of drug-likeness (QED) is 0.681. The summed E-state index contributed by atoms with van der Waals surface area (Å²) < 4.78 is 18.5. The van der Waals surface area contributed by atoms with E-state index in [4.69, 9.17) is 4.74 Å². The molecule has 1 N–H and O–H groups in total. The molecule has 1 heterocycles. The van der Waals surface area contributed by atoms with Gasteiger partial charge in [-0.3, -0.25) is 14.6 Å². The van der Waals surface area contributed by atoms with Crippen LogP contribution in [0.2, 0.25) is 0 Å². The zero-order chi connectivity index (χ0) is 19.2. The van der Waals surface area contributed by atoms with Crippen LogP contribution >= 0.6 is 0 Å². The number of carbonyl (C=O) groups excluding carboxylic acids is 2. The summed E-state index contributed by atoms with van der Waals surface area (Å²) >= 11 is 0. The summed E-state index contributed by atoms with van der Waals surface area (Å²) in [6.07, 6.45) is 1.70. The lowest BCUT2D eigenvalue weighted by Gasteiger charge is -2.08. The van der Waals surface area contributed by atoms with Crippen LogP contribution in [0.25, 0.3) is 10.9 Å². The molecule has 0 atom stereocenters. The smallest absolute Gasteiger partial charge is 0.310 e. The molecule has 1 amide bonds. The van der Waals surface area contributed by atoms with E-state index < -0.39 is 11.9 Å². The van der Waals surface area contributed by atoms with Crippen LogP contribution in [0, 0.1) is 12.7 Å². The first kappa shape index (κ1) is 18.5. The van der Waals surface area contributed by atoms with Crippen LogP contribution in [-0.2, 0) is 27.3 Å². The average molecular weight is 366 g/mol. The van der Waals surface area contributed by atoms with Gasteiger partial charge in [0, 0.05) is 18.1 Å². The third-order valence-electron chi connectivity index (χ3n) is 4.14. The minimum Gasteiger partial charge on any atom is -0.455 e. The SMILES string of the molecule is Cc1ccc(CNC(=O)COC(=O)Cc2cccc3cccnc23)cc1F. The molecule has 0 radical (unpaired) electrons. The van der Waals surface area contributed by atoms with Crippen molar-refractivity contribution in [2.45, 2.75) is 19.9 Å². The number of hydrogen-bond donors (Lipinski definition) is 1. The maximum atomic E-state index is 13.5. The third-order valence-corrected chi connectivity index (χ3v) is 4.14. The van der Waals surface area contributed by atoms with E-state index >= 15 is 0 Å². The highest BCUT2D eigenvalue weighted by atomic mass is 19.1. The molecule has 5 nitrogen and oxygen atoms in total. The zero-order valence-electron chi connectivity index (χ0n) is 14.9. The van der Waals surface area contributed by atoms with Crippen molar-refractivity contribution in [3.05, 3.63) is 77.2 Å². The number of aromatic nitrogens is 1. The van der Waals surface area contributed by atoms with E-state index in [1.54, 1.807) is 25.3 Å². The first-order valence-electron chi connectivity index (χ1n) is 8.53. The van der Waals surface area contributed by atoms with Gasteiger partial charge in [0.25, 0.3) is 5.91 Å². The number of pyridine rings is 1. The Kier molecular flexibility index (Phi) is 5.76. The minimum atomic E-state index is -0.510. The molecule has 3 aromatic rings. The summed E-state index contributed by atoms with van der Waals surface area (Å²) in [4.78, 5) is 28.2. The number of ether oxygens (including phenoxy) is 1. The zero-order valence-corrected chi connectivity index (χ0v) is 14.9. The summed E-state index contributed by atoms with van der Waals surface area (Å²) in [7, 11) is 0. The lowest BCUT2D eigenvalue weighted by Crippen LogP contribution is -2.28. The fraction of sp³-hybridized carbons (Fsp3) is 0.190. The highest BCUT2D eigenvalue weighted by molar-refractivity contribution is 5.86. The van der Waals surface area contributed by atoms with Crippen molar-refractivity contribution >= 4 is 22.8 Å². The van der Waals surface area contributed by atoms with Gasteiger partial charge < -0.3 is 10.1 Å². The van der Waals surface area contributed by atoms with Crippen LogP contribution in [-0.4, -0.2) is 23.5 Å². The number of hydrogen-bond acceptors (Lipinski definition) is 4. The lowest BCUT2D eigenvalue weighted by molar-refractivity contribution is -0.147. The van der Waals surface area contributed by atoms with E-state index in [9.17, 15) is 14.0 Å². The van der Waals surface area contributed by atoms with Gasteiger partial charge in [-0.1, -0.05) is 36.4 Å². The lowest BCUT2D eigenvalue weighted by atomic mass is 10.1. The third kappa shape index (κ3) is 4.88. The molecule has 1 aromatic heterocycles. The van der Waals surface area contributed by atoms with Gasteiger partial charge in [-0.05, 0) is 35.7 Å². The first-order valence-corrected chi connectivity index (χ1v) is 8.53. The van der Waals surface area contributed by atoms with E-state index in [-0.39, 0.29) is 25.4 Å². The molecule has 27 heavy (non-hydrogen) atoms. The Morgan fingerprint density at radius 2 is 1.96 bits per heavy atom. The van der Waals surface area contributed by atoms with Gasteiger partial charge in [-0.25, -0.2) is 4.39 Å². The number of fused-ring (bicyclic) bond motifs is 1. The van der Waals surface area contributed by atoms with Crippen molar-refractivity contribution in [2.75, 3.05) is 6.61 Å². The second-order valence-electron chi connectivity index (χ2n) is 6.19. The monoisotopic (exact) mass is 366 g/mol. The fourth-order valence-corrected chi connectivity index (χ4v) is 2.66. The summed E-state index contributed by atoms with van der Waals surface area (Å²) in [5, 5.41) is 3.54. The van der Waals surface area contributed by atoms with E-state index in [1.807, 2.05) is 30.3 Å². The van der Waals surface area contributed by atoms with E-state index in [0.29, 0.717) is 11.1 Å². The van der Waals surface area contributed by atoms with Crippen molar-refractivity contribution < 1.29 is 18.7 Å². The van der Waals surface area contributed by atoms with Crippen molar-refractivity contribution in [1.82, 2.24) is 10.3 Å². The number of rotatable bonds is 6. The van der Waals surface area contributed by atoms with Crippen LogP contribution in [0.15, 0.2) is 54.7 Å². The van der Waals surface area contributed by atoms with E-state index in [1.165, 1.54) is 6.07 Å². The molecule has 138 valence electrons. The highest BCUT2D eigenvalue weighted by Crippen LogP contribution is 2.16. The Morgan fingerprint density at radius 1 is 1.15 bits per heavy atom. The number of para-hydroxylation sites is 1. The van der Waals surface area contributed by atoms with Gasteiger partial charge in [0.2, 0.25) is 0 Å². The van der Waals surface area contributed by atoms with E-state index in [0.717, 1.165) is 16.5 Å². The maximum Gasteiger partial charge on any atom is 0.310 e. The molecular formula is C21H19FN2O3. The van der Waals surface area contributed by atoms with Gasteiger partial charge in [0.15, 0.2) is 6.61 Å². The van der Waals surface area contributed by atoms with E-state index in [2.05, 4.69) is 10.3 Å². The minimum absolute atomic E-state index is 0.0325. The Balaban J connectivity index is 1.49. The highest BCUT2D eigenvalue weighted by Gasteiger charge is 2.11. The molecule has 0 spiro atoms. The number of halogens is 1. The molecule has 0 bridgehead atoms. The number of aryl methyl sites for hydroxylation is 1. The number of benzene rings is 2. The topological polar surface area (TPSA) is 68.3 Å². The normalized spacial score (nSPS) is 10.6. The number of esters is 1. The van der Waals surface area contributed by atoms with Crippen LogP contribution < -0.4 is 5.32 Å². The Morgan fingerprint density at radius 3 is 2.78 bits per heavy atom. The van der Waals surface area contributed by atoms with Crippen LogP contribution in [0.3, 0.4) is 0 Å². The molecule has 0 aliphatic rings. The molecule has 0 saturated heterocycles. The van der Waals surface area contributed by atoms with Gasteiger partial charge in [0.05, 0.1) is 11.9 Å². The average Bonchev–Trinajstić information content (AvgIpc) is 2.67. The number of nitrogens with one attached hydrogen (secondary N) is 1. The van der Waals surface area contributed by atoms with Crippen LogP contribution in [0.4, 0.5) is 4.39 Å². The molecular weight excluding hydrogens is 347 g/mol. The summed E-state index contributed by atoms with van der Waals surface area (Å²) in [5.41, 5.74) is 2.66. The largest absolute Gasteiger partial charge is 0.455 e. The summed E-state index contributed by atoms with van der Waals surface area (Å²) in [6, 6.07) is 14.1. The summed E-state index contributed by atoms with van der Waals surface area (Å²) in [6.45, 7) is 1.45. The van der Waals surface area contributed by atoms with Crippen molar-refractivity contribution in [3.63, 3.8) is 0 Å². The van der Waals surface area contributed by atoms with Gasteiger partial charge in [-0.2, -0.15) is 0 Å². The predicted octanol–water partition coefficient (Wildman–Crippen LogP) is 3.08. The molecule has 0 saturated carbocycles. The number of nitrogens with zero attached hydrogens (tertiary/aromatic N) is 1. The van der Waals surface area contributed by atoms with Crippen molar-refractivity contribution in [3.8, 4) is 0 Å². The maximum absolute atomic E-state index is 13.5. The molecule has 0 aliphatic carbocycles. The standard InChI is InChI=1S/C21H19FN2O3/c1-14-7-8-15(10-18(14)22)12-24-19(25)13-27-20(26)11-17-5-2-4-16-6-3-9-23-21(16)17/h2-10H,11-13H2,1H3,(H,24,25). The van der Waals surface area contributed by atoms with Crippen LogP contribution in [0.1, 0.15) is 16.7 Å². The Labute approximate surface area is 156 Å². The van der Waals surface area contributed by atoms with Crippen molar-refractivity contribution in [2.24, 2.45) is 0 Å². The van der Waals surface area contributed by atoms with Crippen LogP contribution in [0.5, 0.6) is 0 Å². The molecule has 2 aromatic carbocycles. The first-order chi connectivity index (χ1) is 13.0. The molecule has 6 heteroatoms. The van der Waals surface area contributed by atoms with Crippen molar-refractivity contribution in [1.29, 1.82) is 0 Å². The summed E-state index contributed by atoms with van der Waals surface area (Å²) in [5.74, 6) is -1.28.